The monoisotopic (exact) mass is 441 g/mol. The van der Waals surface area contributed by atoms with Gasteiger partial charge in [-0.1, -0.05) is 18.2 Å². The number of piperidine rings is 1. The summed E-state index contributed by atoms with van der Waals surface area (Å²) >= 11 is 0. The molecule has 0 aliphatic carbocycles. The van der Waals surface area contributed by atoms with E-state index >= 15 is 0 Å². The fourth-order valence-corrected chi connectivity index (χ4v) is 5.34. The second kappa shape index (κ2) is 7.69. The number of benzene rings is 2. The maximum Gasteiger partial charge on any atom is 0.224 e. The Kier molecular flexibility index (Phi) is 4.64. The summed E-state index contributed by atoms with van der Waals surface area (Å²) in [5.74, 6) is 1.03. The lowest BCUT2D eigenvalue weighted by Crippen LogP contribution is -2.51. The molecule has 2 aromatic carbocycles. The number of methoxy groups -OCH3 is 1. The van der Waals surface area contributed by atoms with Gasteiger partial charge in [-0.3, -0.25) is 9.48 Å². The van der Waals surface area contributed by atoms with Crippen molar-refractivity contribution in [1.82, 2.24) is 19.2 Å². The third-order valence-corrected chi connectivity index (χ3v) is 7.13. The maximum absolute atomic E-state index is 13.0. The standard InChI is InChI=1S/C26H27N5O2/c1-33-20-8-9-23-21(17-20)28-26(24-7-4-13-30(23)24)11-15-29(16-12-26)25(32)10-14-31-22-6-3-2-5-19(22)18-27-31/h2-9,13,17-18,28H,10-12,14-16H2,1H3. The van der Waals surface area contributed by atoms with Crippen molar-refractivity contribution in [3.63, 3.8) is 0 Å². The molecule has 2 aromatic heterocycles. The molecule has 7 heteroatoms. The van der Waals surface area contributed by atoms with Crippen molar-refractivity contribution in [1.29, 1.82) is 0 Å². The van der Waals surface area contributed by atoms with Gasteiger partial charge in [-0.2, -0.15) is 5.10 Å². The van der Waals surface area contributed by atoms with Crippen LogP contribution in [0, 0.1) is 0 Å². The third kappa shape index (κ3) is 3.26. The predicted molar refractivity (Wildman–Crippen MR) is 128 cm³/mol. The minimum absolute atomic E-state index is 0.183. The molecule has 0 saturated carbocycles. The van der Waals surface area contributed by atoms with E-state index in [1.165, 1.54) is 5.69 Å². The highest BCUT2D eigenvalue weighted by atomic mass is 16.5. The molecule has 7 nitrogen and oxygen atoms in total. The highest BCUT2D eigenvalue weighted by Crippen LogP contribution is 2.44. The Bertz CT molecular complexity index is 1330. The molecule has 4 aromatic rings. The number of likely N-dealkylation sites (tertiary alicyclic amines) is 1. The highest BCUT2D eigenvalue weighted by Gasteiger charge is 2.42. The van der Waals surface area contributed by atoms with Gasteiger partial charge >= 0.3 is 0 Å². The van der Waals surface area contributed by atoms with Gasteiger partial charge in [-0.25, -0.2) is 0 Å². The summed E-state index contributed by atoms with van der Waals surface area (Å²) in [6.07, 6.45) is 6.17. The summed E-state index contributed by atoms with van der Waals surface area (Å²) < 4.78 is 9.65. The van der Waals surface area contributed by atoms with Crippen LogP contribution < -0.4 is 10.1 Å². The van der Waals surface area contributed by atoms with Crippen LogP contribution >= 0.6 is 0 Å². The summed E-state index contributed by atoms with van der Waals surface area (Å²) in [4.78, 5) is 15.0. The van der Waals surface area contributed by atoms with Gasteiger partial charge in [0.05, 0.1) is 42.3 Å². The number of aromatic nitrogens is 3. The van der Waals surface area contributed by atoms with Crippen molar-refractivity contribution in [2.24, 2.45) is 0 Å². The molecule has 1 saturated heterocycles. The molecular formula is C26H27N5O2. The van der Waals surface area contributed by atoms with E-state index in [1.54, 1.807) is 7.11 Å². The number of ether oxygens (including phenoxy) is 1. The SMILES string of the molecule is COc1ccc2c(c1)NC1(CCN(C(=O)CCn3ncc4ccccc43)CC1)c1cccn1-2. The van der Waals surface area contributed by atoms with Crippen LogP contribution in [0.15, 0.2) is 67.0 Å². The van der Waals surface area contributed by atoms with E-state index in [0.717, 1.165) is 54.0 Å². The normalized spacial score (nSPS) is 16.3. The molecule has 0 radical (unpaired) electrons. The Labute approximate surface area is 192 Å². The van der Waals surface area contributed by atoms with E-state index in [2.05, 4.69) is 45.4 Å². The Hall–Kier alpha value is -3.74. The lowest BCUT2D eigenvalue weighted by Gasteiger charge is -2.46. The minimum Gasteiger partial charge on any atom is -0.497 e. The second-order valence-electron chi connectivity index (χ2n) is 8.91. The van der Waals surface area contributed by atoms with Gasteiger partial charge in [0, 0.05) is 42.9 Å². The first-order chi connectivity index (χ1) is 16.2. The number of carbonyl (C=O) groups is 1. The topological polar surface area (TPSA) is 64.3 Å². The number of fused-ring (bicyclic) bond motifs is 5. The van der Waals surface area contributed by atoms with Gasteiger partial charge in [0.15, 0.2) is 0 Å². The highest BCUT2D eigenvalue weighted by molar-refractivity contribution is 5.79. The maximum atomic E-state index is 13.0. The van der Waals surface area contributed by atoms with Crippen molar-refractivity contribution in [3.8, 4) is 11.4 Å². The lowest BCUT2D eigenvalue weighted by molar-refractivity contribution is -0.133. The predicted octanol–water partition coefficient (Wildman–Crippen LogP) is 4.17. The van der Waals surface area contributed by atoms with Gasteiger partial charge in [-0.05, 0) is 43.2 Å². The lowest BCUT2D eigenvalue weighted by atomic mass is 9.82. The number of nitrogens with one attached hydrogen (secondary N) is 1. The quantitative estimate of drug-likeness (QED) is 0.516. The zero-order valence-electron chi connectivity index (χ0n) is 18.7. The van der Waals surface area contributed by atoms with E-state index < -0.39 is 0 Å². The average molecular weight is 442 g/mol. The van der Waals surface area contributed by atoms with E-state index in [9.17, 15) is 4.79 Å². The van der Waals surface area contributed by atoms with Crippen LogP contribution in [0.2, 0.25) is 0 Å². The van der Waals surface area contributed by atoms with Crippen molar-refractivity contribution in [2.75, 3.05) is 25.5 Å². The Balaban J connectivity index is 1.16. The van der Waals surface area contributed by atoms with Crippen molar-refractivity contribution < 1.29 is 9.53 Å². The molecule has 0 unspecified atom stereocenters. The van der Waals surface area contributed by atoms with E-state index in [-0.39, 0.29) is 11.4 Å². The van der Waals surface area contributed by atoms with Crippen LogP contribution in [0.1, 0.15) is 25.0 Å². The van der Waals surface area contributed by atoms with Gasteiger partial charge in [0.1, 0.15) is 5.75 Å². The molecule has 2 aliphatic rings. The van der Waals surface area contributed by atoms with Crippen LogP contribution in [0.25, 0.3) is 16.6 Å². The number of rotatable bonds is 4. The Morgan fingerprint density at radius 1 is 1.12 bits per heavy atom. The summed E-state index contributed by atoms with van der Waals surface area (Å²) in [5.41, 5.74) is 4.35. The second-order valence-corrected chi connectivity index (χ2v) is 8.91. The molecule has 1 fully saturated rings. The van der Waals surface area contributed by atoms with Crippen LogP contribution in [0.5, 0.6) is 5.75 Å². The summed E-state index contributed by atoms with van der Waals surface area (Å²) in [7, 11) is 1.69. The number of hydrogen-bond donors (Lipinski definition) is 1. The number of aryl methyl sites for hydroxylation is 1. The molecule has 0 atom stereocenters. The molecular weight excluding hydrogens is 414 g/mol. The largest absolute Gasteiger partial charge is 0.497 e. The first-order valence-corrected chi connectivity index (χ1v) is 11.5. The molecule has 1 N–H and O–H groups in total. The van der Waals surface area contributed by atoms with Crippen LogP contribution in [-0.2, 0) is 16.9 Å². The van der Waals surface area contributed by atoms with Gasteiger partial charge < -0.3 is 19.5 Å². The van der Waals surface area contributed by atoms with Crippen LogP contribution in [-0.4, -0.2) is 45.4 Å². The number of amides is 1. The van der Waals surface area contributed by atoms with Crippen molar-refractivity contribution in [3.05, 3.63) is 72.7 Å². The number of hydrogen-bond acceptors (Lipinski definition) is 4. The van der Waals surface area contributed by atoms with Crippen molar-refractivity contribution in [2.45, 2.75) is 31.3 Å². The molecule has 168 valence electrons. The molecule has 0 bridgehead atoms. The number of anilines is 1. The minimum atomic E-state index is -0.183. The first kappa shape index (κ1) is 19.9. The Morgan fingerprint density at radius 2 is 1.97 bits per heavy atom. The van der Waals surface area contributed by atoms with Crippen LogP contribution in [0.4, 0.5) is 5.69 Å². The van der Waals surface area contributed by atoms with Crippen LogP contribution in [0.3, 0.4) is 0 Å². The molecule has 1 amide bonds. The molecule has 2 aliphatic heterocycles. The summed E-state index contributed by atoms with van der Waals surface area (Å²) in [6.45, 7) is 2.06. The van der Waals surface area contributed by atoms with E-state index in [0.29, 0.717) is 13.0 Å². The Morgan fingerprint density at radius 3 is 2.82 bits per heavy atom. The van der Waals surface area contributed by atoms with Gasteiger partial charge in [-0.15, -0.1) is 0 Å². The fraction of sp³-hybridized carbons (Fsp3) is 0.308. The molecule has 1 spiro atoms. The smallest absolute Gasteiger partial charge is 0.224 e. The molecule has 33 heavy (non-hydrogen) atoms. The van der Waals surface area contributed by atoms with E-state index in [1.807, 2.05) is 46.1 Å². The number of nitrogens with zero attached hydrogens (tertiary/aromatic N) is 4. The zero-order valence-corrected chi connectivity index (χ0v) is 18.7. The fourth-order valence-electron chi connectivity index (χ4n) is 5.34. The van der Waals surface area contributed by atoms with Gasteiger partial charge in [0.2, 0.25) is 5.91 Å². The van der Waals surface area contributed by atoms with Crippen molar-refractivity contribution >= 4 is 22.5 Å². The van der Waals surface area contributed by atoms with E-state index in [4.69, 9.17) is 4.74 Å². The molecule has 6 rings (SSSR count). The average Bonchev–Trinajstić information content (AvgIpc) is 3.51. The number of carbonyl (C=O) groups excluding carboxylic acids is 1. The van der Waals surface area contributed by atoms with Gasteiger partial charge in [0.25, 0.3) is 0 Å². The summed E-state index contributed by atoms with van der Waals surface area (Å²) in [5, 5.41) is 9.37. The zero-order chi connectivity index (χ0) is 22.4. The third-order valence-electron chi connectivity index (χ3n) is 7.13. The number of para-hydroxylation sites is 1. The first-order valence-electron chi connectivity index (χ1n) is 11.5. The summed E-state index contributed by atoms with van der Waals surface area (Å²) in [6, 6.07) is 18.6. The molecule has 4 heterocycles.